The average Bonchev–Trinajstić information content (AvgIpc) is 2.71. The van der Waals surface area contributed by atoms with Crippen LogP contribution in [0.5, 0.6) is 0 Å². The molecule has 0 aromatic carbocycles. The van der Waals surface area contributed by atoms with E-state index in [0.717, 1.165) is 0 Å². The monoisotopic (exact) mass is 271 g/mol. The van der Waals surface area contributed by atoms with Crippen LogP contribution in [0.25, 0.3) is 0 Å². The standard InChI is InChI=1S/C12H21N3O4/c1-12(2,3)19-7-6-15-9(8-17-4)10(13-14-15)11(16)18-5/h6-8H2,1-5H3. The molecular formula is C12H21N3O4. The maximum absolute atomic E-state index is 11.5. The molecule has 0 unspecified atom stereocenters. The lowest BCUT2D eigenvalue weighted by atomic mass is 10.2. The molecule has 19 heavy (non-hydrogen) atoms. The van der Waals surface area contributed by atoms with Crippen LogP contribution in [-0.4, -0.2) is 47.4 Å². The van der Waals surface area contributed by atoms with E-state index in [0.29, 0.717) is 18.8 Å². The molecule has 1 aromatic rings. The Labute approximate surface area is 112 Å². The van der Waals surface area contributed by atoms with Gasteiger partial charge in [0, 0.05) is 7.11 Å². The van der Waals surface area contributed by atoms with E-state index in [4.69, 9.17) is 9.47 Å². The Balaban J connectivity index is 2.77. The zero-order valence-electron chi connectivity index (χ0n) is 12.1. The van der Waals surface area contributed by atoms with Crippen molar-refractivity contribution in [2.24, 2.45) is 0 Å². The molecule has 1 heterocycles. The SMILES string of the molecule is COCc1c(C(=O)OC)nnn1CCOC(C)(C)C. The summed E-state index contributed by atoms with van der Waals surface area (Å²) < 4.78 is 16.9. The van der Waals surface area contributed by atoms with Crippen molar-refractivity contribution >= 4 is 5.97 Å². The van der Waals surface area contributed by atoms with Crippen LogP contribution in [-0.2, 0) is 27.4 Å². The Kier molecular flexibility index (Phi) is 5.44. The quantitative estimate of drug-likeness (QED) is 0.719. The van der Waals surface area contributed by atoms with Crippen LogP contribution >= 0.6 is 0 Å². The lowest BCUT2D eigenvalue weighted by Gasteiger charge is -2.19. The predicted molar refractivity (Wildman–Crippen MR) is 67.8 cm³/mol. The second kappa shape index (κ2) is 6.63. The minimum Gasteiger partial charge on any atom is -0.464 e. The molecule has 0 fully saturated rings. The molecule has 0 aliphatic heterocycles. The lowest BCUT2D eigenvalue weighted by molar-refractivity contribution is -0.00873. The van der Waals surface area contributed by atoms with Gasteiger partial charge in [-0.15, -0.1) is 5.10 Å². The first kappa shape index (κ1) is 15.6. The summed E-state index contributed by atoms with van der Waals surface area (Å²) in [5.41, 5.74) is 0.555. The van der Waals surface area contributed by atoms with E-state index >= 15 is 0 Å². The van der Waals surface area contributed by atoms with Gasteiger partial charge in [0.15, 0.2) is 5.69 Å². The smallest absolute Gasteiger partial charge is 0.360 e. The summed E-state index contributed by atoms with van der Waals surface area (Å²) >= 11 is 0. The summed E-state index contributed by atoms with van der Waals surface area (Å²) in [6, 6.07) is 0. The van der Waals surface area contributed by atoms with Gasteiger partial charge in [0.1, 0.15) is 0 Å². The van der Waals surface area contributed by atoms with Gasteiger partial charge >= 0.3 is 5.97 Å². The van der Waals surface area contributed by atoms with Gasteiger partial charge in [-0.25, -0.2) is 9.48 Å². The van der Waals surface area contributed by atoms with Crippen LogP contribution in [0.1, 0.15) is 37.0 Å². The van der Waals surface area contributed by atoms with Crippen LogP contribution in [0.4, 0.5) is 0 Å². The Hall–Kier alpha value is -1.47. The molecule has 0 amide bonds. The number of methoxy groups -OCH3 is 2. The van der Waals surface area contributed by atoms with E-state index in [1.54, 1.807) is 11.8 Å². The predicted octanol–water partition coefficient (Wildman–Crippen LogP) is 1.03. The first-order chi connectivity index (χ1) is 8.89. The summed E-state index contributed by atoms with van der Waals surface area (Å²) in [7, 11) is 2.85. The van der Waals surface area contributed by atoms with Gasteiger partial charge in [-0.05, 0) is 20.8 Å². The molecule has 7 nitrogen and oxygen atoms in total. The molecule has 1 aromatic heterocycles. The molecule has 1 rings (SSSR count). The molecule has 0 bridgehead atoms. The summed E-state index contributed by atoms with van der Waals surface area (Å²) in [6.07, 6.45) is 0. The fourth-order valence-electron chi connectivity index (χ4n) is 1.49. The van der Waals surface area contributed by atoms with Crippen molar-refractivity contribution in [1.82, 2.24) is 15.0 Å². The van der Waals surface area contributed by atoms with Crippen molar-refractivity contribution in [2.75, 3.05) is 20.8 Å². The third-order valence-electron chi connectivity index (χ3n) is 2.34. The number of carbonyl (C=O) groups is 1. The van der Waals surface area contributed by atoms with Crippen LogP contribution < -0.4 is 0 Å². The minimum atomic E-state index is -0.518. The van der Waals surface area contributed by atoms with Gasteiger partial charge in [-0.2, -0.15) is 0 Å². The zero-order valence-corrected chi connectivity index (χ0v) is 12.1. The zero-order chi connectivity index (χ0) is 14.5. The maximum atomic E-state index is 11.5. The van der Waals surface area contributed by atoms with Gasteiger partial charge in [0.2, 0.25) is 0 Å². The number of nitrogens with zero attached hydrogens (tertiary/aromatic N) is 3. The van der Waals surface area contributed by atoms with Gasteiger partial charge in [-0.1, -0.05) is 5.21 Å². The van der Waals surface area contributed by atoms with Crippen molar-refractivity contribution in [3.63, 3.8) is 0 Å². The minimum absolute atomic E-state index is 0.181. The fourth-order valence-corrected chi connectivity index (χ4v) is 1.49. The molecule has 0 atom stereocenters. The second-order valence-electron chi connectivity index (χ2n) is 4.99. The van der Waals surface area contributed by atoms with Gasteiger partial charge in [-0.3, -0.25) is 0 Å². The molecule has 0 saturated carbocycles. The molecular weight excluding hydrogens is 250 g/mol. The summed E-state index contributed by atoms with van der Waals surface area (Å²) in [5.74, 6) is -0.518. The third-order valence-corrected chi connectivity index (χ3v) is 2.34. The summed E-state index contributed by atoms with van der Waals surface area (Å²) in [6.45, 7) is 7.15. The van der Waals surface area contributed by atoms with Crippen LogP contribution in [0.15, 0.2) is 0 Å². The Morgan fingerprint density at radius 2 is 2.00 bits per heavy atom. The average molecular weight is 271 g/mol. The van der Waals surface area contributed by atoms with Crippen LogP contribution in [0.3, 0.4) is 0 Å². The van der Waals surface area contributed by atoms with E-state index in [1.165, 1.54) is 7.11 Å². The van der Waals surface area contributed by atoms with Gasteiger partial charge in [0.25, 0.3) is 0 Å². The molecule has 0 radical (unpaired) electrons. The van der Waals surface area contributed by atoms with Crippen molar-refractivity contribution in [1.29, 1.82) is 0 Å². The third kappa shape index (κ3) is 4.60. The first-order valence-corrected chi connectivity index (χ1v) is 6.02. The van der Waals surface area contributed by atoms with Gasteiger partial charge in [0.05, 0.1) is 38.2 Å². The summed E-state index contributed by atoms with van der Waals surface area (Å²) in [4.78, 5) is 11.5. The van der Waals surface area contributed by atoms with E-state index < -0.39 is 5.97 Å². The highest BCUT2D eigenvalue weighted by atomic mass is 16.5. The highest BCUT2D eigenvalue weighted by Crippen LogP contribution is 2.10. The van der Waals surface area contributed by atoms with E-state index in [2.05, 4.69) is 15.0 Å². The topological polar surface area (TPSA) is 75.5 Å². The van der Waals surface area contributed by atoms with Crippen LogP contribution in [0, 0.1) is 0 Å². The number of esters is 1. The number of ether oxygens (including phenoxy) is 3. The molecule has 0 aliphatic carbocycles. The van der Waals surface area contributed by atoms with Crippen molar-refractivity contribution in [2.45, 2.75) is 39.5 Å². The summed E-state index contributed by atoms with van der Waals surface area (Å²) in [5, 5.41) is 7.75. The molecule has 0 N–H and O–H groups in total. The number of carbonyl (C=O) groups excluding carboxylic acids is 1. The van der Waals surface area contributed by atoms with E-state index in [1.807, 2.05) is 20.8 Å². The fraction of sp³-hybridized carbons (Fsp3) is 0.750. The van der Waals surface area contributed by atoms with E-state index in [9.17, 15) is 4.79 Å². The maximum Gasteiger partial charge on any atom is 0.360 e. The number of rotatable bonds is 6. The highest BCUT2D eigenvalue weighted by molar-refractivity contribution is 5.88. The first-order valence-electron chi connectivity index (χ1n) is 6.02. The number of hydrogen-bond acceptors (Lipinski definition) is 6. The van der Waals surface area contributed by atoms with Crippen molar-refractivity contribution in [3.05, 3.63) is 11.4 Å². The van der Waals surface area contributed by atoms with E-state index in [-0.39, 0.29) is 17.9 Å². The number of hydrogen-bond donors (Lipinski definition) is 0. The second-order valence-corrected chi connectivity index (χ2v) is 4.99. The Morgan fingerprint density at radius 3 is 2.53 bits per heavy atom. The van der Waals surface area contributed by atoms with Crippen molar-refractivity contribution < 1.29 is 19.0 Å². The molecule has 7 heteroatoms. The van der Waals surface area contributed by atoms with Crippen LogP contribution in [0.2, 0.25) is 0 Å². The molecule has 108 valence electrons. The number of aromatic nitrogens is 3. The molecule has 0 spiro atoms. The lowest BCUT2D eigenvalue weighted by Crippen LogP contribution is -2.23. The molecule has 0 aliphatic rings. The van der Waals surface area contributed by atoms with Crippen molar-refractivity contribution in [3.8, 4) is 0 Å². The Morgan fingerprint density at radius 1 is 1.32 bits per heavy atom. The molecule has 0 saturated heterocycles. The normalized spacial score (nSPS) is 11.6. The van der Waals surface area contributed by atoms with Gasteiger partial charge < -0.3 is 14.2 Å². The Bertz CT molecular complexity index is 423. The highest BCUT2D eigenvalue weighted by Gasteiger charge is 2.20. The largest absolute Gasteiger partial charge is 0.464 e.